The van der Waals surface area contributed by atoms with Crippen LogP contribution >= 0.6 is 11.6 Å². The minimum atomic E-state index is -0.496. The molecule has 2 fully saturated rings. The summed E-state index contributed by atoms with van der Waals surface area (Å²) in [5, 5.41) is 13.3. The van der Waals surface area contributed by atoms with Crippen LogP contribution in [0.25, 0.3) is 11.4 Å². The number of aromatic nitrogens is 4. The molecule has 1 aromatic carbocycles. The van der Waals surface area contributed by atoms with Crippen LogP contribution < -0.4 is 0 Å². The maximum Gasteiger partial charge on any atom is 0.249 e. The van der Waals surface area contributed by atoms with Gasteiger partial charge in [0.2, 0.25) is 17.6 Å². The highest BCUT2D eigenvalue weighted by Gasteiger charge is 2.34. The lowest BCUT2D eigenvalue weighted by atomic mass is 9.94. The largest absolute Gasteiger partial charge is 0.342 e. The molecule has 0 radical (unpaired) electrons. The Hall–Kier alpha value is -2.48. The normalized spacial score (nSPS) is 18.6. The molecule has 0 aliphatic carbocycles. The first kappa shape index (κ1) is 20.8. The van der Waals surface area contributed by atoms with Gasteiger partial charge in [-0.3, -0.25) is 9.59 Å². The van der Waals surface area contributed by atoms with Crippen LogP contribution in [0, 0.1) is 5.92 Å². The van der Waals surface area contributed by atoms with Crippen molar-refractivity contribution in [2.24, 2.45) is 5.92 Å². The highest BCUT2D eigenvalue weighted by molar-refractivity contribution is 6.30. The summed E-state index contributed by atoms with van der Waals surface area (Å²) in [5.74, 6) is 0.753. The van der Waals surface area contributed by atoms with E-state index >= 15 is 0 Å². The van der Waals surface area contributed by atoms with Gasteiger partial charge in [0.1, 0.15) is 0 Å². The zero-order valence-corrected chi connectivity index (χ0v) is 18.0. The third kappa shape index (κ3) is 4.33. The highest BCUT2D eigenvalue weighted by atomic mass is 35.5. The summed E-state index contributed by atoms with van der Waals surface area (Å²) in [5.41, 5.74) is 0.800. The van der Waals surface area contributed by atoms with E-state index in [1.54, 1.807) is 12.1 Å². The molecule has 2 aromatic rings. The van der Waals surface area contributed by atoms with Crippen molar-refractivity contribution in [2.45, 2.75) is 45.1 Å². The van der Waals surface area contributed by atoms with Crippen molar-refractivity contribution in [3.63, 3.8) is 0 Å². The molecule has 2 aliphatic heterocycles. The van der Waals surface area contributed by atoms with E-state index in [0.717, 1.165) is 44.3 Å². The average molecular weight is 431 g/mol. The van der Waals surface area contributed by atoms with Gasteiger partial charge >= 0.3 is 0 Å². The molecular formula is C21H27ClN6O2. The van der Waals surface area contributed by atoms with Crippen molar-refractivity contribution in [3.8, 4) is 11.4 Å². The predicted molar refractivity (Wildman–Crippen MR) is 113 cm³/mol. The van der Waals surface area contributed by atoms with E-state index in [-0.39, 0.29) is 17.7 Å². The second-order valence-corrected chi connectivity index (χ2v) is 8.43. The van der Waals surface area contributed by atoms with Crippen LogP contribution in [0.5, 0.6) is 0 Å². The number of nitrogens with zero attached hydrogens (tertiary/aromatic N) is 6. The molecule has 0 bridgehead atoms. The quantitative estimate of drug-likeness (QED) is 0.728. The van der Waals surface area contributed by atoms with Crippen molar-refractivity contribution in [3.05, 3.63) is 29.3 Å². The Balaban J connectivity index is 1.39. The fourth-order valence-electron chi connectivity index (χ4n) is 4.26. The van der Waals surface area contributed by atoms with Gasteiger partial charge in [0.05, 0.1) is 0 Å². The van der Waals surface area contributed by atoms with Crippen LogP contribution in [-0.2, 0) is 9.59 Å². The molecule has 3 heterocycles. The summed E-state index contributed by atoms with van der Waals surface area (Å²) in [6.07, 6.45) is 4.22. The predicted octanol–water partition coefficient (Wildman–Crippen LogP) is 2.81. The first-order valence-electron chi connectivity index (χ1n) is 10.7. The Morgan fingerprint density at radius 3 is 2.37 bits per heavy atom. The first-order chi connectivity index (χ1) is 14.6. The number of benzene rings is 1. The van der Waals surface area contributed by atoms with E-state index in [4.69, 9.17) is 11.6 Å². The topological polar surface area (TPSA) is 84.2 Å². The van der Waals surface area contributed by atoms with E-state index in [9.17, 15) is 9.59 Å². The molecule has 1 aromatic heterocycles. The van der Waals surface area contributed by atoms with Crippen molar-refractivity contribution >= 4 is 23.4 Å². The van der Waals surface area contributed by atoms with Gasteiger partial charge < -0.3 is 9.80 Å². The SMILES string of the molecule is CCC(C(=O)N1CCC(C(=O)N2CCCC2)CC1)n1nnc(-c2ccc(Cl)cc2)n1. The van der Waals surface area contributed by atoms with Crippen LogP contribution in [0.2, 0.25) is 5.02 Å². The Labute approximate surface area is 181 Å². The Kier molecular flexibility index (Phi) is 6.32. The average Bonchev–Trinajstić information content (AvgIpc) is 3.47. The van der Waals surface area contributed by atoms with Crippen molar-refractivity contribution in [1.29, 1.82) is 0 Å². The van der Waals surface area contributed by atoms with Crippen molar-refractivity contribution < 1.29 is 9.59 Å². The molecule has 1 unspecified atom stereocenters. The number of halogens is 1. The van der Waals surface area contributed by atoms with Gasteiger partial charge in [-0.15, -0.1) is 10.2 Å². The third-order valence-corrected chi connectivity index (χ3v) is 6.31. The lowest BCUT2D eigenvalue weighted by molar-refractivity contribution is -0.142. The van der Waals surface area contributed by atoms with Gasteiger partial charge in [-0.2, -0.15) is 4.80 Å². The van der Waals surface area contributed by atoms with Crippen LogP contribution in [0.1, 0.15) is 45.1 Å². The molecule has 0 saturated carbocycles. The summed E-state index contributed by atoms with van der Waals surface area (Å²) in [7, 11) is 0. The summed E-state index contributed by atoms with van der Waals surface area (Å²) in [6, 6.07) is 6.70. The van der Waals surface area contributed by atoms with E-state index < -0.39 is 6.04 Å². The zero-order valence-electron chi connectivity index (χ0n) is 17.2. The van der Waals surface area contributed by atoms with E-state index in [1.807, 2.05) is 28.9 Å². The Morgan fingerprint density at radius 1 is 1.07 bits per heavy atom. The number of piperidine rings is 1. The molecule has 0 spiro atoms. The minimum absolute atomic E-state index is 0.00960. The van der Waals surface area contributed by atoms with Crippen LogP contribution in [0.3, 0.4) is 0 Å². The van der Waals surface area contributed by atoms with Crippen LogP contribution in [0.15, 0.2) is 24.3 Å². The number of likely N-dealkylation sites (tertiary alicyclic amines) is 2. The maximum atomic E-state index is 13.1. The first-order valence-corrected chi connectivity index (χ1v) is 11.1. The number of amides is 2. The van der Waals surface area contributed by atoms with Crippen molar-refractivity contribution in [2.75, 3.05) is 26.2 Å². The van der Waals surface area contributed by atoms with E-state index in [2.05, 4.69) is 15.4 Å². The number of hydrogen-bond acceptors (Lipinski definition) is 5. The third-order valence-electron chi connectivity index (χ3n) is 6.05. The van der Waals surface area contributed by atoms with Gasteiger partial charge in [-0.05, 0) is 61.6 Å². The van der Waals surface area contributed by atoms with E-state index in [1.165, 1.54) is 4.80 Å². The molecule has 2 saturated heterocycles. The summed E-state index contributed by atoms with van der Waals surface area (Å²) < 4.78 is 0. The second kappa shape index (κ2) is 9.12. The molecule has 1 atom stereocenters. The number of tetrazole rings is 1. The number of hydrogen-bond donors (Lipinski definition) is 0. The zero-order chi connectivity index (χ0) is 21.1. The van der Waals surface area contributed by atoms with Gasteiger partial charge in [0.25, 0.3) is 0 Å². The monoisotopic (exact) mass is 430 g/mol. The van der Waals surface area contributed by atoms with Gasteiger partial charge in [0.15, 0.2) is 6.04 Å². The van der Waals surface area contributed by atoms with Crippen LogP contribution in [-0.4, -0.2) is 68.0 Å². The fraction of sp³-hybridized carbons (Fsp3) is 0.571. The Bertz CT molecular complexity index is 885. The molecule has 9 heteroatoms. The number of carbonyl (C=O) groups is 2. The summed E-state index contributed by atoms with van der Waals surface area (Å²) in [6.45, 7) is 4.89. The smallest absolute Gasteiger partial charge is 0.249 e. The molecule has 2 amide bonds. The van der Waals surface area contributed by atoms with Gasteiger partial charge in [-0.1, -0.05) is 18.5 Å². The molecule has 0 N–H and O–H groups in total. The Morgan fingerprint density at radius 2 is 1.73 bits per heavy atom. The van der Waals surface area contributed by atoms with E-state index in [0.29, 0.717) is 30.4 Å². The van der Waals surface area contributed by atoms with Gasteiger partial charge in [0, 0.05) is 42.7 Å². The molecule has 2 aliphatic rings. The van der Waals surface area contributed by atoms with Crippen molar-refractivity contribution in [1.82, 2.24) is 30.0 Å². The highest BCUT2D eigenvalue weighted by Crippen LogP contribution is 2.25. The van der Waals surface area contributed by atoms with Gasteiger partial charge in [-0.25, -0.2) is 0 Å². The molecule has 30 heavy (non-hydrogen) atoms. The molecular weight excluding hydrogens is 404 g/mol. The number of carbonyl (C=O) groups excluding carboxylic acids is 2. The minimum Gasteiger partial charge on any atom is -0.342 e. The molecule has 4 rings (SSSR count). The summed E-state index contributed by atoms with van der Waals surface area (Å²) >= 11 is 5.94. The maximum absolute atomic E-state index is 13.1. The fourth-order valence-corrected chi connectivity index (χ4v) is 4.39. The summed E-state index contributed by atoms with van der Waals surface area (Å²) in [4.78, 5) is 31.0. The standard InChI is InChI=1S/C21H27ClN6O2/c1-2-18(28-24-19(23-25-28)15-5-7-17(22)8-6-15)21(30)27-13-9-16(10-14-27)20(29)26-11-3-4-12-26/h5-8,16,18H,2-4,9-14H2,1H3. The second-order valence-electron chi connectivity index (χ2n) is 8.00. The number of rotatable bonds is 5. The van der Waals surface area contributed by atoms with Crippen LogP contribution in [0.4, 0.5) is 0 Å². The lowest BCUT2D eigenvalue weighted by Gasteiger charge is -2.34. The molecule has 8 nitrogen and oxygen atoms in total. The lowest BCUT2D eigenvalue weighted by Crippen LogP contribution is -2.46. The molecule has 160 valence electrons.